The van der Waals surface area contributed by atoms with Gasteiger partial charge in [-0.25, -0.2) is 13.7 Å². The van der Waals surface area contributed by atoms with Gasteiger partial charge in [-0.15, -0.1) is 0 Å². The minimum atomic E-state index is -0.881. The highest BCUT2D eigenvalue weighted by atomic mass is 19.1. The number of nitrogens with zero attached hydrogens (tertiary/aromatic N) is 1. The Morgan fingerprint density at radius 2 is 1.65 bits per heavy atom. The van der Waals surface area contributed by atoms with E-state index < -0.39 is 29.1 Å². The number of carbonyl (C=O) groups is 2. The topological polar surface area (TPSA) is 58.6 Å². The Morgan fingerprint density at radius 1 is 0.903 bits per heavy atom. The van der Waals surface area contributed by atoms with Crippen molar-refractivity contribution < 1.29 is 23.1 Å². The number of imide groups is 1. The molecule has 0 saturated carbocycles. The lowest BCUT2D eigenvalue weighted by molar-refractivity contribution is -0.120. The monoisotopic (exact) mass is 420 g/mol. The number of methoxy groups -OCH3 is 1. The van der Waals surface area contributed by atoms with Crippen LogP contribution in [0.4, 0.5) is 20.2 Å². The largest absolute Gasteiger partial charge is 0.497 e. The van der Waals surface area contributed by atoms with Crippen molar-refractivity contribution in [3.8, 4) is 5.75 Å². The van der Waals surface area contributed by atoms with Crippen molar-refractivity contribution in [2.45, 2.75) is 6.92 Å². The zero-order valence-electron chi connectivity index (χ0n) is 16.8. The van der Waals surface area contributed by atoms with Gasteiger partial charge in [0.25, 0.3) is 11.8 Å². The lowest BCUT2D eigenvalue weighted by Crippen LogP contribution is -2.33. The first-order valence-electron chi connectivity index (χ1n) is 9.45. The number of hydrogen-bond donors (Lipinski definition) is 1. The van der Waals surface area contributed by atoms with Gasteiger partial charge in [-0.05, 0) is 54.4 Å². The molecule has 1 aliphatic heterocycles. The number of carbonyl (C=O) groups excluding carboxylic acids is 2. The van der Waals surface area contributed by atoms with Crippen LogP contribution in [0.25, 0.3) is 5.57 Å². The summed E-state index contributed by atoms with van der Waals surface area (Å²) in [7, 11) is 1.51. The first-order chi connectivity index (χ1) is 14.9. The molecule has 7 heteroatoms. The molecule has 0 aliphatic carbocycles. The molecule has 3 aromatic carbocycles. The molecule has 0 fully saturated rings. The molecule has 0 atom stereocenters. The Bertz CT molecular complexity index is 1220. The van der Waals surface area contributed by atoms with E-state index in [1.807, 2.05) is 19.1 Å². The molecule has 1 heterocycles. The van der Waals surface area contributed by atoms with Crippen molar-refractivity contribution in [3.05, 3.63) is 95.2 Å². The number of benzene rings is 3. The van der Waals surface area contributed by atoms with E-state index in [0.717, 1.165) is 23.8 Å². The van der Waals surface area contributed by atoms with Crippen LogP contribution in [0.3, 0.4) is 0 Å². The van der Waals surface area contributed by atoms with Crippen LogP contribution in [0.5, 0.6) is 5.75 Å². The van der Waals surface area contributed by atoms with Gasteiger partial charge >= 0.3 is 0 Å². The molecule has 2 amide bonds. The molecule has 1 aliphatic rings. The first kappa shape index (κ1) is 20.3. The number of ether oxygens (including phenoxy) is 1. The molecule has 156 valence electrons. The summed E-state index contributed by atoms with van der Waals surface area (Å²) in [5, 5.41) is 2.99. The summed E-state index contributed by atoms with van der Waals surface area (Å²) in [6, 6.07) is 16.4. The van der Waals surface area contributed by atoms with Crippen molar-refractivity contribution in [2.24, 2.45) is 0 Å². The summed E-state index contributed by atoms with van der Waals surface area (Å²) in [6.45, 7) is 1.89. The van der Waals surface area contributed by atoms with Crippen LogP contribution in [-0.2, 0) is 9.59 Å². The van der Waals surface area contributed by atoms with Crippen LogP contribution in [0.1, 0.15) is 11.1 Å². The number of rotatable bonds is 5. The van der Waals surface area contributed by atoms with E-state index in [2.05, 4.69) is 5.32 Å². The highest BCUT2D eigenvalue weighted by molar-refractivity contribution is 6.46. The zero-order chi connectivity index (χ0) is 22.1. The molecular formula is C24H18F2N2O3. The molecule has 4 rings (SSSR count). The fraction of sp³-hybridized carbons (Fsp3) is 0.0833. The molecule has 0 radical (unpaired) electrons. The van der Waals surface area contributed by atoms with Crippen molar-refractivity contribution in [1.29, 1.82) is 0 Å². The molecule has 5 nitrogen and oxygen atoms in total. The van der Waals surface area contributed by atoms with E-state index >= 15 is 0 Å². The standard InChI is InChI=1S/C24H18F2N2O3/c1-14-4-3-5-17(12-14)27-22-21(15-6-9-18(31-2)10-7-15)23(29)28(24(22)30)20-13-16(25)8-11-19(20)26/h3-13,27H,1-2H3. The van der Waals surface area contributed by atoms with Crippen molar-refractivity contribution in [3.63, 3.8) is 0 Å². The average molecular weight is 420 g/mol. The van der Waals surface area contributed by atoms with E-state index in [4.69, 9.17) is 4.74 Å². The summed E-state index contributed by atoms with van der Waals surface area (Å²) >= 11 is 0. The summed E-state index contributed by atoms with van der Waals surface area (Å²) in [5.74, 6) is -2.60. The van der Waals surface area contributed by atoms with Gasteiger partial charge < -0.3 is 10.1 Å². The Labute approximate surface area is 177 Å². The minimum absolute atomic E-state index is 0.0237. The van der Waals surface area contributed by atoms with E-state index in [1.54, 1.807) is 36.4 Å². The van der Waals surface area contributed by atoms with Gasteiger partial charge in [0.2, 0.25) is 0 Å². The quantitative estimate of drug-likeness (QED) is 0.609. The van der Waals surface area contributed by atoms with Crippen LogP contribution in [0, 0.1) is 18.6 Å². The second-order valence-corrected chi connectivity index (χ2v) is 7.01. The van der Waals surface area contributed by atoms with Gasteiger partial charge in [0.05, 0.1) is 18.4 Å². The van der Waals surface area contributed by atoms with Crippen LogP contribution in [0.2, 0.25) is 0 Å². The number of nitrogens with one attached hydrogen (secondary N) is 1. The number of hydrogen-bond acceptors (Lipinski definition) is 4. The van der Waals surface area contributed by atoms with E-state index in [0.29, 0.717) is 21.9 Å². The van der Waals surface area contributed by atoms with E-state index in [-0.39, 0.29) is 11.3 Å². The summed E-state index contributed by atoms with van der Waals surface area (Å²) in [4.78, 5) is 27.2. The third-order valence-electron chi connectivity index (χ3n) is 4.90. The molecule has 0 spiro atoms. The second kappa shape index (κ2) is 8.02. The van der Waals surface area contributed by atoms with Crippen molar-refractivity contribution >= 4 is 28.8 Å². The Balaban J connectivity index is 1.85. The summed E-state index contributed by atoms with van der Waals surface area (Å²) < 4.78 is 33.4. The minimum Gasteiger partial charge on any atom is -0.497 e. The molecular weight excluding hydrogens is 402 g/mol. The van der Waals surface area contributed by atoms with Crippen molar-refractivity contribution in [1.82, 2.24) is 0 Å². The Hall–Kier alpha value is -4.00. The van der Waals surface area contributed by atoms with Crippen molar-refractivity contribution in [2.75, 3.05) is 17.3 Å². The van der Waals surface area contributed by atoms with Crippen LogP contribution >= 0.6 is 0 Å². The van der Waals surface area contributed by atoms with Gasteiger partial charge in [0, 0.05) is 11.8 Å². The maximum Gasteiger partial charge on any atom is 0.282 e. The Morgan fingerprint density at radius 3 is 2.32 bits per heavy atom. The van der Waals surface area contributed by atoms with Gasteiger partial charge in [0.15, 0.2) is 0 Å². The third kappa shape index (κ3) is 3.77. The van der Waals surface area contributed by atoms with Crippen LogP contribution < -0.4 is 15.0 Å². The predicted octanol–water partition coefficient (Wildman–Crippen LogP) is 4.68. The first-order valence-corrected chi connectivity index (χ1v) is 9.45. The number of anilines is 2. The van der Waals surface area contributed by atoms with E-state index in [9.17, 15) is 18.4 Å². The molecule has 0 unspecified atom stereocenters. The number of amides is 2. The van der Waals surface area contributed by atoms with Gasteiger partial charge in [-0.2, -0.15) is 0 Å². The number of halogens is 2. The fourth-order valence-electron chi connectivity index (χ4n) is 3.41. The summed E-state index contributed by atoms with van der Waals surface area (Å²) in [5.41, 5.74) is 1.56. The molecule has 0 saturated heterocycles. The van der Waals surface area contributed by atoms with Gasteiger partial charge in [-0.3, -0.25) is 9.59 Å². The maximum atomic E-state index is 14.4. The van der Waals surface area contributed by atoms with Crippen LogP contribution in [0.15, 0.2) is 72.4 Å². The normalized spacial score (nSPS) is 13.7. The summed E-state index contributed by atoms with van der Waals surface area (Å²) in [6.07, 6.45) is 0. The molecule has 31 heavy (non-hydrogen) atoms. The Kier molecular flexibility index (Phi) is 5.25. The molecule has 0 bridgehead atoms. The zero-order valence-corrected chi connectivity index (χ0v) is 16.8. The second-order valence-electron chi connectivity index (χ2n) is 7.01. The lowest BCUT2D eigenvalue weighted by Gasteiger charge is -2.16. The van der Waals surface area contributed by atoms with Crippen LogP contribution in [-0.4, -0.2) is 18.9 Å². The molecule has 0 aromatic heterocycles. The van der Waals surface area contributed by atoms with E-state index in [1.165, 1.54) is 7.11 Å². The predicted molar refractivity (Wildman–Crippen MR) is 114 cm³/mol. The molecule has 1 N–H and O–H groups in total. The maximum absolute atomic E-state index is 14.4. The van der Waals surface area contributed by atoms with Gasteiger partial charge in [0.1, 0.15) is 23.1 Å². The SMILES string of the molecule is COc1ccc(C2=C(Nc3cccc(C)c3)C(=O)N(c3cc(F)ccc3F)C2=O)cc1. The highest BCUT2D eigenvalue weighted by Gasteiger charge is 2.41. The lowest BCUT2D eigenvalue weighted by atomic mass is 10.0. The highest BCUT2D eigenvalue weighted by Crippen LogP contribution is 2.35. The number of aryl methyl sites for hydroxylation is 1. The average Bonchev–Trinajstić information content (AvgIpc) is 2.99. The third-order valence-corrected chi connectivity index (χ3v) is 4.90. The van der Waals surface area contributed by atoms with Gasteiger partial charge in [-0.1, -0.05) is 24.3 Å². The smallest absolute Gasteiger partial charge is 0.282 e. The fourth-order valence-corrected chi connectivity index (χ4v) is 3.41. The molecule has 3 aromatic rings.